The molecule has 0 spiro atoms. The van der Waals surface area contributed by atoms with Gasteiger partial charge in [-0.15, -0.1) is 11.3 Å². The van der Waals surface area contributed by atoms with Crippen molar-refractivity contribution in [2.45, 2.75) is 12.6 Å². The number of thiazole rings is 1. The second-order valence-corrected chi connectivity index (χ2v) is 7.05. The topological polar surface area (TPSA) is 58.1 Å². The summed E-state index contributed by atoms with van der Waals surface area (Å²) in [5.74, 6) is 0.342. The molecule has 1 saturated heterocycles. The number of aromatic nitrogens is 2. The van der Waals surface area contributed by atoms with E-state index in [0.717, 1.165) is 21.2 Å². The van der Waals surface area contributed by atoms with Crippen molar-refractivity contribution in [2.75, 3.05) is 25.0 Å². The number of nitrogens with one attached hydrogen (secondary N) is 1. The fourth-order valence-corrected chi connectivity index (χ4v) is 3.66. The normalized spacial score (nSPS) is 17.9. The van der Waals surface area contributed by atoms with E-state index in [1.807, 2.05) is 29.3 Å². The lowest BCUT2D eigenvalue weighted by atomic mass is 10.1. The molecule has 0 radical (unpaired) electrons. The summed E-state index contributed by atoms with van der Waals surface area (Å²) in [5, 5.41) is 4.81. The SMILES string of the molecule is O=C(CN1CC[C@H](F)C1)Nc1cc2cc(-c3cncs3)ccc2cn1. The molecule has 1 aliphatic heterocycles. The Morgan fingerprint density at radius 3 is 3.00 bits per heavy atom. The van der Waals surface area contributed by atoms with Crippen LogP contribution in [-0.4, -0.2) is 46.6 Å². The first-order valence-corrected chi connectivity index (χ1v) is 9.00. The minimum absolute atomic E-state index is 0.167. The van der Waals surface area contributed by atoms with Crippen LogP contribution in [0.25, 0.3) is 21.2 Å². The summed E-state index contributed by atoms with van der Waals surface area (Å²) in [6, 6.07) is 7.97. The zero-order valence-corrected chi connectivity index (χ0v) is 14.3. The van der Waals surface area contributed by atoms with Gasteiger partial charge >= 0.3 is 0 Å². The number of anilines is 1. The molecule has 4 rings (SSSR count). The van der Waals surface area contributed by atoms with Gasteiger partial charge in [0.1, 0.15) is 12.0 Å². The molecule has 0 saturated carbocycles. The second kappa shape index (κ2) is 6.85. The highest BCUT2D eigenvalue weighted by Gasteiger charge is 2.23. The fourth-order valence-electron chi connectivity index (χ4n) is 3.04. The third-order valence-corrected chi connectivity index (χ3v) is 5.11. The van der Waals surface area contributed by atoms with Crippen LogP contribution in [0.1, 0.15) is 6.42 Å². The van der Waals surface area contributed by atoms with Gasteiger partial charge in [0, 0.05) is 30.9 Å². The van der Waals surface area contributed by atoms with E-state index in [-0.39, 0.29) is 12.5 Å². The van der Waals surface area contributed by atoms with E-state index < -0.39 is 6.17 Å². The number of halogens is 1. The van der Waals surface area contributed by atoms with E-state index in [0.29, 0.717) is 25.3 Å². The lowest BCUT2D eigenvalue weighted by molar-refractivity contribution is -0.117. The standard InChI is InChI=1S/C18H17FN4OS/c19-15-3-4-23(9-15)10-18(24)22-17-6-14-5-12(16-8-20-11-25-16)1-2-13(14)7-21-17/h1-2,5-8,11,15H,3-4,9-10H2,(H,21,22,24)/t15-/m0/s1. The van der Waals surface area contributed by atoms with Crippen LogP contribution < -0.4 is 5.32 Å². The molecule has 0 bridgehead atoms. The first kappa shape index (κ1) is 16.1. The lowest BCUT2D eigenvalue weighted by Crippen LogP contribution is -2.32. The van der Waals surface area contributed by atoms with Gasteiger partial charge in [0.15, 0.2) is 0 Å². The highest BCUT2D eigenvalue weighted by molar-refractivity contribution is 7.13. The maximum atomic E-state index is 13.2. The Labute approximate surface area is 148 Å². The van der Waals surface area contributed by atoms with E-state index in [4.69, 9.17) is 0 Å². The number of benzene rings is 1. The molecule has 128 valence electrons. The average molecular weight is 356 g/mol. The third-order valence-electron chi connectivity index (χ3n) is 4.29. The number of hydrogen-bond donors (Lipinski definition) is 1. The van der Waals surface area contributed by atoms with Crippen LogP contribution in [0.3, 0.4) is 0 Å². The average Bonchev–Trinajstić information content (AvgIpc) is 3.26. The molecule has 5 nitrogen and oxygen atoms in total. The highest BCUT2D eigenvalue weighted by Crippen LogP contribution is 2.27. The molecule has 0 unspecified atom stereocenters. The Balaban J connectivity index is 1.50. The number of fused-ring (bicyclic) bond motifs is 1. The molecule has 3 heterocycles. The minimum atomic E-state index is -0.822. The van der Waals surface area contributed by atoms with Crippen LogP contribution in [0.2, 0.25) is 0 Å². The van der Waals surface area contributed by atoms with Crippen molar-refractivity contribution in [2.24, 2.45) is 0 Å². The number of carbonyl (C=O) groups excluding carboxylic acids is 1. The van der Waals surface area contributed by atoms with Gasteiger partial charge in [-0.05, 0) is 29.5 Å². The summed E-state index contributed by atoms with van der Waals surface area (Å²) in [6.45, 7) is 1.15. The monoisotopic (exact) mass is 356 g/mol. The van der Waals surface area contributed by atoms with Gasteiger partial charge in [0.2, 0.25) is 5.91 Å². The molecule has 1 aromatic carbocycles. The summed E-state index contributed by atoms with van der Waals surface area (Å²) < 4.78 is 13.2. The molecule has 3 aromatic rings. The van der Waals surface area contributed by atoms with E-state index in [2.05, 4.69) is 21.4 Å². The Morgan fingerprint density at radius 2 is 2.24 bits per heavy atom. The van der Waals surface area contributed by atoms with Gasteiger partial charge in [-0.3, -0.25) is 14.7 Å². The number of nitrogens with zero attached hydrogens (tertiary/aromatic N) is 3. The summed E-state index contributed by atoms with van der Waals surface area (Å²) in [4.78, 5) is 23.5. The van der Waals surface area contributed by atoms with Crippen molar-refractivity contribution >= 4 is 33.8 Å². The second-order valence-electron chi connectivity index (χ2n) is 6.17. The van der Waals surface area contributed by atoms with Crippen molar-refractivity contribution in [1.29, 1.82) is 0 Å². The van der Waals surface area contributed by atoms with Crippen molar-refractivity contribution in [3.05, 3.63) is 42.2 Å². The molecule has 25 heavy (non-hydrogen) atoms. The summed E-state index contributed by atoms with van der Waals surface area (Å²) in [6.07, 6.45) is 3.26. The quantitative estimate of drug-likeness (QED) is 0.779. The van der Waals surface area contributed by atoms with Crippen LogP contribution in [0.5, 0.6) is 0 Å². The summed E-state index contributed by atoms with van der Waals surface area (Å²) in [5.41, 5.74) is 2.89. The molecule has 0 aliphatic carbocycles. The smallest absolute Gasteiger partial charge is 0.239 e. The van der Waals surface area contributed by atoms with Crippen molar-refractivity contribution in [3.63, 3.8) is 0 Å². The summed E-state index contributed by atoms with van der Waals surface area (Å²) >= 11 is 1.58. The maximum absolute atomic E-state index is 13.2. The first-order chi connectivity index (χ1) is 12.2. The van der Waals surface area contributed by atoms with Gasteiger partial charge in [-0.2, -0.15) is 0 Å². The molecule has 1 fully saturated rings. The zero-order chi connectivity index (χ0) is 17.2. The molecule has 1 aliphatic rings. The van der Waals surface area contributed by atoms with Crippen LogP contribution in [0.15, 0.2) is 42.2 Å². The number of rotatable bonds is 4. The van der Waals surface area contributed by atoms with Gasteiger partial charge in [0.25, 0.3) is 0 Å². The Morgan fingerprint density at radius 1 is 1.32 bits per heavy atom. The third kappa shape index (κ3) is 3.67. The number of amides is 1. The van der Waals surface area contributed by atoms with Crippen LogP contribution in [0.4, 0.5) is 10.2 Å². The van der Waals surface area contributed by atoms with E-state index in [1.54, 1.807) is 23.0 Å². The van der Waals surface area contributed by atoms with Crippen molar-refractivity contribution < 1.29 is 9.18 Å². The fraction of sp³-hybridized carbons (Fsp3) is 0.278. The summed E-state index contributed by atoms with van der Waals surface area (Å²) in [7, 11) is 0. The predicted molar refractivity (Wildman–Crippen MR) is 97.4 cm³/mol. The molecule has 1 amide bonds. The first-order valence-electron chi connectivity index (χ1n) is 8.12. The molecular formula is C18H17FN4OS. The van der Waals surface area contributed by atoms with Crippen LogP contribution in [-0.2, 0) is 4.79 Å². The number of pyridine rings is 1. The van der Waals surface area contributed by atoms with E-state index in [9.17, 15) is 9.18 Å². The minimum Gasteiger partial charge on any atom is -0.310 e. The Bertz CT molecular complexity index is 899. The molecular weight excluding hydrogens is 339 g/mol. The highest BCUT2D eigenvalue weighted by atomic mass is 32.1. The largest absolute Gasteiger partial charge is 0.310 e. The van der Waals surface area contributed by atoms with Crippen LogP contribution >= 0.6 is 11.3 Å². The number of alkyl halides is 1. The van der Waals surface area contributed by atoms with Crippen molar-refractivity contribution in [3.8, 4) is 10.4 Å². The van der Waals surface area contributed by atoms with Crippen molar-refractivity contribution in [1.82, 2.24) is 14.9 Å². The zero-order valence-electron chi connectivity index (χ0n) is 13.5. The predicted octanol–water partition coefficient (Wildman–Crippen LogP) is 3.34. The van der Waals surface area contributed by atoms with Gasteiger partial charge in [0.05, 0.1) is 16.9 Å². The van der Waals surface area contributed by atoms with E-state index in [1.165, 1.54) is 0 Å². The number of carbonyl (C=O) groups is 1. The molecule has 2 aromatic heterocycles. The maximum Gasteiger partial charge on any atom is 0.239 e. The number of hydrogen-bond acceptors (Lipinski definition) is 5. The van der Waals surface area contributed by atoms with E-state index >= 15 is 0 Å². The molecule has 7 heteroatoms. The Hall–Kier alpha value is -2.38. The Kier molecular flexibility index (Phi) is 4.42. The number of likely N-dealkylation sites (tertiary alicyclic amines) is 1. The molecule has 1 atom stereocenters. The van der Waals surface area contributed by atoms with Gasteiger partial charge < -0.3 is 5.32 Å². The molecule has 1 N–H and O–H groups in total. The van der Waals surface area contributed by atoms with Gasteiger partial charge in [-0.1, -0.05) is 12.1 Å². The van der Waals surface area contributed by atoms with Crippen LogP contribution in [0, 0.1) is 0 Å². The lowest BCUT2D eigenvalue weighted by Gasteiger charge is -2.14. The van der Waals surface area contributed by atoms with Gasteiger partial charge in [-0.25, -0.2) is 9.37 Å².